The minimum absolute atomic E-state index is 0.0622. The standard InChI is InChI=1S/C16H13BrN2O2/c17-12-5-6-14-11(9-12)7-8-19(14)10-16(21)18-13-3-1-2-4-15(13)20/h1-9,20H,10H2,(H,18,21). The topological polar surface area (TPSA) is 54.3 Å². The highest BCUT2D eigenvalue weighted by Gasteiger charge is 2.08. The van der Waals surface area contributed by atoms with Crippen LogP contribution in [0.4, 0.5) is 5.69 Å². The second kappa shape index (κ2) is 5.61. The fourth-order valence-corrected chi connectivity index (χ4v) is 2.61. The molecular weight excluding hydrogens is 332 g/mol. The summed E-state index contributed by atoms with van der Waals surface area (Å²) in [6.07, 6.45) is 1.88. The maximum atomic E-state index is 12.1. The number of carbonyl (C=O) groups excluding carboxylic acids is 1. The van der Waals surface area contributed by atoms with E-state index in [0.29, 0.717) is 5.69 Å². The van der Waals surface area contributed by atoms with Crippen LogP contribution in [0.15, 0.2) is 59.2 Å². The number of nitrogens with zero attached hydrogens (tertiary/aromatic N) is 1. The summed E-state index contributed by atoms with van der Waals surface area (Å²) in [5, 5.41) is 13.4. The molecule has 21 heavy (non-hydrogen) atoms. The van der Waals surface area contributed by atoms with Crippen molar-refractivity contribution in [1.29, 1.82) is 0 Å². The van der Waals surface area contributed by atoms with Crippen LogP contribution >= 0.6 is 15.9 Å². The molecule has 0 saturated carbocycles. The molecule has 0 aliphatic heterocycles. The van der Waals surface area contributed by atoms with Crippen molar-refractivity contribution in [3.63, 3.8) is 0 Å². The van der Waals surface area contributed by atoms with Crippen LogP contribution in [-0.2, 0) is 11.3 Å². The zero-order valence-electron chi connectivity index (χ0n) is 11.1. The zero-order chi connectivity index (χ0) is 14.8. The SMILES string of the molecule is O=C(Cn1ccc2cc(Br)ccc21)Nc1ccccc1O. The second-order valence-corrected chi connectivity index (χ2v) is 5.63. The van der Waals surface area contributed by atoms with Crippen LogP contribution in [0.2, 0.25) is 0 Å². The van der Waals surface area contributed by atoms with Gasteiger partial charge in [-0.1, -0.05) is 28.1 Å². The Kier molecular flexibility index (Phi) is 3.66. The van der Waals surface area contributed by atoms with Crippen molar-refractivity contribution in [2.45, 2.75) is 6.54 Å². The molecule has 5 heteroatoms. The normalized spacial score (nSPS) is 10.7. The van der Waals surface area contributed by atoms with Gasteiger partial charge in [0.15, 0.2) is 0 Å². The van der Waals surface area contributed by atoms with Crippen LogP contribution < -0.4 is 5.32 Å². The number of anilines is 1. The number of amides is 1. The van der Waals surface area contributed by atoms with Gasteiger partial charge in [-0.15, -0.1) is 0 Å². The highest BCUT2D eigenvalue weighted by molar-refractivity contribution is 9.10. The summed E-state index contributed by atoms with van der Waals surface area (Å²) >= 11 is 3.43. The molecule has 3 aromatic rings. The van der Waals surface area contributed by atoms with E-state index in [4.69, 9.17) is 0 Å². The van der Waals surface area contributed by atoms with Gasteiger partial charge in [-0.05, 0) is 36.4 Å². The lowest BCUT2D eigenvalue weighted by Gasteiger charge is -2.08. The second-order valence-electron chi connectivity index (χ2n) is 4.71. The van der Waals surface area contributed by atoms with Gasteiger partial charge in [0, 0.05) is 21.6 Å². The highest BCUT2D eigenvalue weighted by Crippen LogP contribution is 2.23. The molecule has 2 aromatic carbocycles. The first-order valence-electron chi connectivity index (χ1n) is 6.46. The molecule has 1 amide bonds. The largest absolute Gasteiger partial charge is 0.506 e. The Morgan fingerprint density at radius 1 is 1.19 bits per heavy atom. The van der Waals surface area contributed by atoms with E-state index < -0.39 is 0 Å². The van der Waals surface area contributed by atoms with E-state index in [1.165, 1.54) is 6.07 Å². The summed E-state index contributed by atoms with van der Waals surface area (Å²) < 4.78 is 2.88. The smallest absolute Gasteiger partial charge is 0.244 e. The number of hydrogen-bond donors (Lipinski definition) is 2. The number of hydrogen-bond acceptors (Lipinski definition) is 2. The number of benzene rings is 2. The molecule has 2 N–H and O–H groups in total. The summed E-state index contributed by atoms with van der Waals surface area (Å²) in [6, 6.07) is 14.6. The molecule has 0 fully saturated rings. The molecule has 0 spiro atoms. The number of nitrogens with one attached hydrogen (secondary N) is 1. The third-order valence-corrected chi connectivity index (χ3v) is 3.72. The molecule has 0 unspecified atom stereocenters. The number of carbonyl (C=O) groups is 1. The van der Waals surface area contributed by atoms with E-state index in [2.05, 4.69) is 21.2 Å². The van der Waals surface area contributed by atoms with Crippen LogP contribution in [0, 0.1) is 0 Å². The maximum absolute atomic E-state index is 12.1. The van der Waals surface area contributed by atoms with E-state index in [9.17, 15) is 9.90 Å². The van der Waals surface area contributed by atoms with Crippen LogP contribution in [0.5, 0.6) is 5.75 Å². The summed E-state index contributed by atoms with van der Waals surface area (Å²) in [5.41, 5.74) is 1.41. The first-order chi connectivity index (χ1) is 10.1. The van der Waals surface area contributed by atoms with Crippen molar-refractivity contribution in [2.75, 3.05) is 5.32 Å². The number of para-hydroxylation sites is 2. The molecule has 0 atom stereocenters. The van der Waals surface area contributed by atoms with Crippen molar-refractivity contribution in [1.82, 2.24) is 4.57 Å². The fraction of sp³-hybridized carbons (Fsp3) is 0.0625. The van der Waals surface area contributed by atoms with Gasteiger partial charge in [0.1, 0.15) is 12.3 Å². The number of phenols is 1. The summed E-state index contributed by atoms with van der Waals surface area (Å²) in [7, 11) is 0. The van der Waals surface area contributed by atoms with Crippen LogP contribution in [0.1, 0.15) is 0 Å². The van der Waals surface area contributed by atoms with Crippen LogP contribution in [0.3, 0.4) is 0 Å². The summed E-state index contributed by atoms with van der Waals surface area (Å²) in [6.45, 7) is 0.194. The average Bonchev–Trinajstić information content (AvgIpc) is 2.83. The Hall–Kier alpha value is -2.27. The first-order valence-corrected chi connectivity index (χ1v) is 7.25. The molecule has 0 aliphatic carbocycles. The Labute approximate surface area is 130 Å². The van der Waals surface area contributed by atoms with Crippen LogP contribution in [0.25, 0.3) is 10.9 Å². The van der Waals surface area contributed by atoms with E-state index >= 15 is 0 Å². The first kappa shape index (κ1) is 13.7. The van der Waals surface area contributed by atoms with Crippen molar-refractivity contribution in [3.8, 4) is 5.75 Å². The molecule has 0 aliphatic rings. The van der Waals surface area contributed by atoms with Crippen molar-refractivity contribution >= 4 is 38.4 Å². The van der Waals surface area contributed by atoms with Gasteiger partial charge in [0.2, 0.25) is 5.91 Å². The Bertz CT molecular complexity index is 811. The molecule has 1 aromatic heterocycles. The number of aromatic nitrogens is 1. The van der Waals surface area contributed by atoms with E-state index in [1.807, 2.05) is 35.0 Å². The highest BCUT2D eigenvalue weighted by atomic mass is 79.9. The molecule has 4 nitrogen and oxygen atoms in total. The monoisotopic (exact) mass is 344 g/mol. The lowest BCUT2D eigenvalue weighted by atomic mass is 10.2. The van der Waals surface area contributed by atoms with Gasteiger partial charge >= 0.3 is 0 Å². The lowest BCUT2D eigenvalue weighted by molar-refractivity contribution is -0.116. The number of fused-ring (bicyclic) bond motifs is 1. The lowest BCUT2D eigenvalue weighted by Crippen LogP contribution is -2.18. The van der Waals surface area contributed by atoms with Gasteiger partial charge < -0.3 is 15.0 Å². The Balaban J connectivity index is 1.79. The molecular formula is C16H13BrN2O2. The van der Waals surface area contributed by atoms with Gasteiger partial charge in [0.05, 0.1) is 5.69 Å². The van der Waals surface area contributed by atoms with E-state index in [-0.39, 0.29) is 18.2 Å². The third-order valence-electron chi connectivity index (χ3n) is 3.23. The summed E-state index contributed by atoms with van der Waals surface area (Å²) in [5.74, 6) is -0.121. The Morgan fingerprint density at radius 2 is 2.00 bits per heavy atom. The molecule has 3 rings (SSSR count). The molecule has 1 heterocycles. The maximum Gasteiger partial charge on any atom is 0.244 e. The van der Waals surface area contributed by atoms with E-state index in [0.717, 1.165) is 15.4 Å². The third kappa shape index (κ3) is 2.92. The Morgan fingerprint density at radius 3 is 2.81 bits per heavy atom. The fourth-order valence-electron chi connectivity index (χ4n) is 2.23. The molecule has 0 radical (unpaired) electrons. The molecule has 0 bridgehead atoms. The number of halogens is 1. The minimum Gasteiger partial charge on any atom is -0.506 e. The quantitative estimate of drug-likeness (QED) is 0.711. The minimum atomic E-state index is -0.183. The van der Waals surface area contributed by atoms with Crippen molar-refractivity contribution in [3.05, 3.63) is 59.2 Å². The molecule has 0 saturated heterocycles. The van der Waals surface area contributed by atoms with Crippen LogP contribution in [-0.4, -0.2) is 15.6 Å². The predicted octanol–water partition coefficient (Wildman–Crippen LogP) is 3.75. The van der Waals surface area contributed by atoms with E-state index in [1.54, 1.807) is 18.2 Å². The predicted molar refractivity (Wildman–Crippen MR) is 86.4 cm³/mol. The van der Waals surface area contributed by atoms with Gasteiger partial charge in [-0.3, -0.25) is 4.79 Å². The number of aromatic hydroxyl groups is 1. The van der Waals surface area contributed by atoms with Crippen molar-refractivity contribution < 1.29 is 9.90 Å². The molecule has 106 valence electrons. The van der Waals surface area contributed by atoms with Crippen molar-refractivity contribution in [2.24, 2.45) is 0 Å². The number of rotatable bonds is 3. The van der Waals surface area contributed by atoms with Gasteiger partial charge in [0.25, 0.3) is 0 Å². The average molecular weight is 345 g/mol. The zero-order valence-corrected chi connectivity index (χ0v) is 12.7. The van der Waals surface area contributed by atoms with Gasteiger partial charge in [-0.25, -0.2) is 0 Å². The number of phenolic OH excluding ortho intramolecular Hbond substituents is 1. The van der Waals surface area contributed by atoms with Gasteiger partial charge in [-0.2, -0.15) is 0 Å². The summed E-state index contributed by atoms with van der Waals surface area (Å²) in [4.78, 5) is 12.1.